The molecule has 9 unspecified atom stereocenters. The van der Waals surface area contributed by atoms with Gasteiger partial charge in [0, 0.05) is 0 Å². The van der Waals surface area contributed by atoms with Crippen LogP contribution in [-0.2, 0) is 41.1 Å². The summed E-state index contributed by atoms with van der Waals surface area (Å²) in [5.74, 6) is -0.103. The zero-order valence-electron chi connectivity index (χ0n) is 23.5. The summed E-state index contributed by atoms with van der Waals surface area (Å²) in [6.45, 7) is -2.58. The number of hydrogen-bond acceptors (Lipinski definition) is 21. The number of nitrogens with zero attached hydrogens (tertiary/aromatic N) is 4. The third-order valence-electron chi connectivity index (χ3n) is 5.11. The van der Waals surface area contributed by atoms with Crippen LogP contribution in [0.15, 0.2) is 12.7 Å². The van der Waals surface area contributed by atoms with Crippen LogP contribution in [0.5, 0.6) is 0 Å². The van der Waals surface area contributed by atoms with Gasteiger partial charge in [-0.2, -0.15) is 0 Å². The number of phosphoric ester groups is 3. The first-order valence-electron chi connectivity index (χ1n) is 10.5. The number of aliphatic hydroxyl groups is 4. The largest absolute Gasteiger partial charge is 1.00 e. The maximum Gasteiger partial charge on any atom is 1.00 e. The molecule has 44 heavy (non-hydrogen) atoms. The monoisotopic (exact) mass is 727 g/mol. The number of ether oxygens (including phenoxy) is 1. The molecule has 1 aliphatic heterocycles. The fraction of sp³-hybridized carbons (Fsp3) is 0.600. The third-order valence-corrected chi connectivity index (χ3v) is 8.14. The van der Waals surface area contributed by atoms with Gasteiger partial charge in [0.2, 0.25) is 0 Å². The van der Waals surface area contributed by atoms with E-state index in [1.807, 2.05) is 0 Å². The molecule has 22 nitrogen and oxygen atoms in total. The average molecular weight is 727 g/mol. The number of aromatic nitrogens is 4. The van der Waals surface area contributed by atoms with E-state index in [9.17, 15) is 53.4 Å². The van der Waals surface area contributed by atoms with Crippen molar-refractivity contribution < 1.29 is 199 Å². The van der Waals surface area contributed by atoms with Crippen LogP contribution in [0.4, 0.5) is 5.82 Å². The Morgan fingerprint density at radius 3 is 2.18 bits per heavy atom. The van der Waals surface area contributed by atoms with Crippen molar-refractivity contribution >= 4 is 46.7 Å². The molecule has 1 fully saturated rings. The fourth-order valence-electron chi connectivity index (χ4n) is 3.31. The molecule has 9 atom stereocenters. The molecule has 0 saturated carbocycles. The number of fused-ring (bicyclic) bond motifs is 1. The van der Waals surface area contributed by atoms with Crippen LogP contribution >= 0.6 is 23.5 Å². The van der Waals surface area contributed by atoms with E-state index in [0.717, 1.165) is 17.2 Å². The van der Waals surface area contributed by atoms with Gasteiger partial charge in [0.05, 0.1) is 27.4 Å². The molecular formula is C15H20N5Na4O17P3. The molecule has 0 spiro atoms. The Bertz CT molecular complexity index is 1360. The predicted molar refractivity (Wildman–Crippen MR) is 114 cm³/mol. The van der Waals surface area contributed by atoms with Gasteiger partial charge in [0.15, 0.2) is 24.0 Å². The Kier molecular flexibility index (Phi) is 22.1. The van der Waals surface area contributed by atoms with Crippen LogP contribution in [0.1, 0.15) is 6.23 Å². The summed E-state index contributed by atoms with van der Waals surface area (Å²) in [5.41, 5.74) is 5.61. The van der Waals surface area contributed by atoms with Gasteiger partial charge < -0.3 is 73.4 Å². The summed E-state index contributed by atoms with van der Waals surface area (Å²) in [4.78, 5) is 68.3. The summed E-state index contributed by atoms with van der Waals surface area (Å²) in [5, 5.41) is 38.5. The molecule has 6 N–H and O–H groups in total. The first kappa shape index (κ1) is 48.3. The maximum atomic E-state index is 12.0. The van der Waals surface area contributed by atoms with Gasteiger partial charge in [0.25, 0.3) is 15.6 Å². The second kappa shape index (κ2) is 20.1. The molecular weight excluding hydrogens is 707 g/mol. The number of imidazole rings is 1. The second-order valence-corrected chi connectivity index (χ2v) is 12.0. The zero-order valence-corrected chi connectivity index (χ0v) is 34.2. The van der Waals surface area contributed by atoms with Crippen molar-refractivity contribution in [3.63, 3.8) is 0 Å². The van der Waals surface area contributed by atoms with Gasteiger partial charge in [-0.1, -0.05) is 0 Å². The molecule has 0 aliphatic carbocycles. The van der Waals surface area contributed by atoms with Crippen LogP contribution < -0.4 is 144 Å². The topological polar surface area (TPSA) is 357 Å². The normalized spacial score (nSPS) is 24.6. The van der Waals surface area contributed by atoms with E-state index in [1.54, 1.807) is 0 Å². The molecule has 0 aromatic carbocycles. The van der Waals surface area contributed by atoms with Crippen molar-refractivity contribution in [3.8, 4) is 0 Å². The van der Waals surface area contributed by atoms with E-state index < -0.39 is 79.5 Å². The molecule has 3 rings (SSSR count). The van der Waals surface area contributed by atoms with Crippen molar-refractivity contribution in [2.24, 2.45) is 0 Å². The standard InChI is InChI=1S/C15H24N5O17P3.4Na/c16-13-9-14(18-4-17-13)20(5-19-9)15-12(36-38(26,27)28)11(25)8(35-15)3-34-40(31,32)37-39(29,30)33-2-7(23)10(24)6(22)1-21;;;;/h1,4-8,10-12,15,22-25H,2-3H2,(H,29,30)(H,31,32)(H2,16,17,18)(H2,26,27,28);;;;/q;4*+1/p-4. The molecule has 1 saturated heterocycles. The van der Waals surface area contributed by atoms with Crippen LogP contribution in [0.25, 0.3) is 11.2 Å². The third kappa shape index (κ3) is 13.5. The van der Waals surface area contributed by atoms with E-state index in [0.29, 0.717) is 0 Å². The molecule has 29 heteroatoms. The van der Waals surface area contributed by atoms with E-state index in [1.165, 1.54) is 0 Å². The van der Waals surface area contributed by atoms with Gasteiger partial charge in [-0.3, -0.25) is 13.7 Å². The first-order valence-corrected chi connectivity index (χ1v) is 14.9. The van der Waals surface area contributed by atoms with Crippen LogP contribution in [0, 0.1) is 0 Å². The first-order chi connectivity index (χ1) is 18.4. The Balaban J connectivity index is 0. The molecule has 1 aliphatic rings. The number of aldehydes is 1. The minimum atomic E-state index is -5.85. The summed E-state index contributed by atoms with van der Waals surface area (Å²) < 4.78 is 58.2. The quantitative estimate of drug-likeness (QED) is 0.0685. The molecule has 226 valence electrons. The van der Waals surface area contributed by atoms with E-state index in [-0.39, 0.29) is 141 Å². The van der Waals surface area contributed by atoms with Crippen LogP contribution in [0.2, 0.25) is 0 Å². The number of nitrogen functional groups attached to an aromatic ring is 1. The van der Waals surface area contributed by atoms with Crippen molar-refractivity contribution in [1.29, 1.82) is 0 Å². The van der Waals surface area contributed by atoms with Gasteiger partial charge in [-0.25, -0.2) is 19.3 Å². The summed E-state index contributed by atoms with van der Waals surface area (Å²) in [6, 6.07) is 0. The molecule has 0 radical (unpaired) electrons. The van der Waals surface area contributed by atoms with Crippen molar-refractivity contribution in [3.05, 3.63) is 12.7 Å². The fourth-order valence-corrected chi connectivity index (χ4v) is 5.86. The minimum absolute atomic E-state index is 0. The van der Waals surface area contributed by atoms with Gasteiger partial charge >= 0.3 is 118 Å². The van der Waals surface area contributed by atoms with Crippen LogP contribution in [-0.4, -0.2) is 96.1 Å². The Labute approximate surface area is 336 Å². The summed E-state index contributed by atoms with van der Waals surface area (Å²) >= 11 is 0. The maximum absolute atomic E-state index is 12.0. The van der Waals surface area contributed by atoms with Crippen molar-refractivity contribution in [2.45, 2.75) is 42.9 Å². The summed E-state index contributed by atoms with van der Waals surface area (Å²) in [7, 11) is -17.5. The Hall–Kier alpha value is 2.19. The number of nitrogens with two attached hydrogens (primary N) is 1. The number of hydrogen-bond donors (Lipinski definition) is 5. The SMILES string of the molecule is Nc1ncnc2c1ncn2C1OC(COP(=O)([O-])OP(=O)([O-])OCC(O)C(O)C(O)C=O)C(O)C1OP(=O)([O-])[O-].[Na+].[Na+].[Na+].[Na+]. The average Bonchev–Trinajstić information content (AvgIpc) is 3.41. The number of aliphatic hydroxyl groups excluding tert-OH is 4. The molecule has 0 bridgehead atoms. The smallest absolute Gasteiger partial charge is 0.790 e. The van der Waals surface area contributed by atoms with Gasteiger partial charge in [-0.05, 0) is 0 Å². The number of carbonyl (C=O) groups is 1. The van der Waals surface area contributed by atoms with Crippen LogP contribution in [0.3, 0.4) is 0 Å². The number of phosphoric acid groups is 3. The van der Waals surface area contributed by atoms with Gasteiger partial charge in [-0.15, -0.1) is 0 Å². The number of rotatable bonds is 14. The molecule has 2 aromatic rings. The van der Waals surface area contributed by atoms with E-state index in [2.05, 4.69) is 32.8 Å². The number of carbonyl (C=O) groups excluding carboxylic acids is 1. The number of anilines is 1. The van der Waals surface area contributed by atoms with Crippen molar-refractivity contribution in [2.75, 3.05) is 18.9 Å². The molecule has 0 amide bonds. The summed E-state index contributed by atoms with van der Waals surface area (Å²) in [6.07, 6.45) is -12.2. The Morgan fingerprint density at radius 2 is 1.61 bits per heavy atom. The zero-order chi connectivity index (χ0) is 30.0. The minimum Gasteiger partial charge on any atom is -0.790 e. The Morgan fingerprint density at radius 1 is 1.02 bits per heavy atom. The second-order valence-electron chi connectivity index (χ2n) is 7.91. The van der Waals surface area contributed by atoms with Crippen molar-refractivity contribution in [1.82, 2.24) is 19.5 Å². The van der Waals surface area contributed by atoms with E-state index in [4.69, 9.17) is 15.6 Å². The van der Waals surface area contributed by atoms with Gasteiger partial charge in [0.1, 0.15) is 48.5 Å². The molecule has 2 aromatic heterocycles. The van der Waals surface area contributed by atoms with E-state index >= 15 is 0 Å². The molecule has 3 heterocycles. The predicted octanol–water partition coefficient (Wildman–Crippen LogP) is -17.8.